The highest BCUT2D eigenvalue weighted by molar-refractivity contribution is 5.84. The second-order valence-corrected chi connectivity index (χ2v) is 6.01. The molecule has 1 saturated heterocycles. The number of benzene rings is 1. The molecule has 0 bridgehead atoms. The van der Waals surface area contributed by atoms with E-state index < -0.39 is 0 Å². The molecule has 0 saturated carbocycles. The standard InChI is InChI=1S/C18H26N2O3/c1-4-5-12-19-18(22)15-10-11-16(21)20(2)17(15)13-6-8-14(23-3)9-7-13/h6-9,15,17H,4-5,10-12H2,1-3H3,(H,19,22)/t15-,17+/m0/s1. The lowest BCUT2D eigenvalue weighted by Crippen LogP contribution is -2.46. The van der Waals surface area contributed by atoms with Gasteiger partial charge in [-0.05, 0) is 30.5 Å². The third-order valence-electron chi connectivity index (χ3n) is 4.48. The second-order valence-electron chi connectivity index (χ2n) is 6.01. The van der Waals surface area contributed by atoms with Gasteiger partial charge in [0.05, 0.1) is 19.1 Å². The van der Waals surface area contributed by atoms with Crippen LogP contribution in [0.2, 0.25) is 0 Å². The largest absolute Gasteiger partial charge is 0.497 e. The first-order chi connectivity index (χ1) is 11.1. The number of amides is 2. The molecule has 2 atom stereocenters. The van der Waals surface area contributed by atoms with Crippen molar-refractivity contribution < 1.29 is 14.3 Å². The van der Waals surface area contributed by atoms with E-state index in [0.717, 1.165) is 24.2 Å². The van der Waals surface area contributed by atoms with E-state index in [4.69, 9.17) is 4.74 Å². The van der Waals surface area contributed by atoms with E-state index in [0.29, 0.717) is 19.4 Å². The summed E-state index contributed by atoms with van der Waals surface area (Å²) >= 11 is 0. The molecule has 0 radical (unpaired) electrons. The lowest BCUT2D eigenvalue weighted by atomic mass is 9.84. The van der Waals surface area contributed by atoms with Gasteiger partial charge in [-0.2, -0.15) is 0 Å². The van der Waals surface area contributed by atoms with E-state index in [-0.39, 0.29) is 23.8 Å². The van der Waals surface area contributed by atoms with E-state index in [2.05, 4.69) is 12.2 Å². The van der Waals surface area contributed by atoms with Crippen molar-refractivity contribution in [3.63, 3.8) is 0 Å². The van der Waals surface area contributed by atoms with Crippen LogP contribution in [0.15, 0.2) is 24.3 Å². The number of piperidine rings is 1. The summed E-state index contributed by atoms with van der Waals surface area (Å²) in [6.45, 7) is 2.79. The third kappa shape index (κ3) is 4.03. The minimum Gasteiger partial charge on any atom is -0.497 e. The summed E-state index contributed by atoms with van der Waals surface area (Å²) in [5.74, 6) is 0.687. The van der Waals surface area contributed by atoms with E-state index in [9.17, 15) is 9.59 Å². The van der Waals surface area contributed by atoms with Gasteiger partial charge in [-0.1, -0.05) is 25.5 Å². The summed E-state index contributed by atoms with van der Waals surface area (Å²) in [6.07, 6.45) is 3.04. The van der Waals surface area contributed by atoms with Crippen LogP contribution in [0.4, 0.5) is 0 Å². The van der Waals surface area contributed by atoms with Crippen molar-refractivity contribution in [1.29, 1.82) is 0 Å². The van der Waals surface area contributed by atoms with Crippen LogP contribution in [0.1, 0.15) is 44.2 Å². The molecule has 0 aromatic heterocycles. The Labute approximate surface area is 138 Å². The summed E-state index contributed by atoms with van der Waals surface area (Å²) in [4.78, 5) is 26.4. The fourth-order valence-electron chi connectivity index (χ4n) is 3.09. The van der Waals surface area contributed by atoms with Gasteiger partial charge in [-0.25, -0.2) is 0 Å². The van der Waals surface area contributed by atoms with Gasteiger partial charge in [0.25, 0.3) is 0 Å². The van der Waals surface area contributed by atoms with Gasteiger partial charge >= 0.3 is 0 Å². The molecule has 1 aliphatic rings. The Bertz CT molecular complexity index is 542. The predicted molar refractivity (Wildman–Crippen MR) is 89.1 cm³/mol. The van der Waals surface area contributed by atoms with Crippen molar-refractivity contribution in [1.82, 2.24) is 10.2 Å². The number of hydrogen-bond donors (Lipinski definition) is 1. The zero-order chi connectivity index (χ0) is 16.8. The SMILES string of the molecule is CCCCNC(=O)[C@H]1CCC(=O)N(C)[C@@H]1c1ccc(OC)cc1. The van der Waals surface area contributed by atoms with E-state index in [1.54, 1.807) is 19.1 Å². The number of nitrogens with one attached hydrogen (secondary N) is 1. The average Bonchev–Trinajstić information content (AvgIpc) is 2.57. The van der Waals surface area contributed by atoms with Crippen LogP contribution < -0.4 is 10.1 Å². The highest BCUT2D eigenvalue weighted by atomic mass is 16.5. The molecule has 0 spiro atoms. The van der Waals surface area contributed by atoms with Crippen molar-refractivity contribution in [3.8, 4) is 5.75 Å². The summed E-state index contributed by atoms with van der Waals surface area (Å²) in [6, 6.07) is 7.39. The first kappa shape index (κ1) is 17.3. The highest BCUT2D eigenvalue weighted by Crippen LogP contribution is 2.36. The molecule has 5 nitrogen and oxygen atoms in total. The average molecular weight is 318 g/mol. The second kappa shape index (κ2) is 7.99. The Balaban J connectivity index is 2.20. The molecule has 1 fully saturated rings. The fraction of sp³-hybridized carbons (Fsp3) is 0.556. The molecule has 1 aromatic carbocycles. The molecular formula is C18H26N2O3. The normalized spacial score (nSPS) is 21.2. The Morgan fingerprint density at radius 1 is 1.35 bits per heavy atom. The molecule has 1 N–H and O–H groups in total. The Morgan fingerprint density at radius 3 is 2.65 bits per heavy atom. The third-order valence-corrected chi connectivity index (χ3v) is 4.48. The predicted octanol–water partition coefficient (Wildman–Crippen LogP) is 2.52. The van der Waals surface area contributed by atoms with Crippen LogP contribution in [0.25, 0.3) is 0 Å². The number of rotatable bonds is 6. The summed E-state index contributed by atoms with van der Waals surface area (Å²) in [7, 11) is 3.40. The monoisotopic (exact) mass is 318 g/mol. The molecule has 0 aliphatic carbocycles. The van der Waals surface area contributed by atoms with Crippen molar-refractivity contribution in [2.45, 2.75) is 38.6 Å². The topological polar surface area (TPSA) is 58.6 Å². The van der Waals surface area contributed by atoms with Crippen LogP contribution in [-0.4, -0.2) is 37.4 Å². The summed E-state index contributed by atoms with van der Waals surface area (Å²) in [5, 5.41) is 3.01. The lowest BCUT2D eigenvalue weighted by molar-refractivity contribution is -0.141. The van der Waals surface area contributed by atoms with Crippen LogP contribution in [0.3, 0.4) is 0 Å². The molecule has 23 heavy (non-hydrogen) atoms. The van der Waals surface area contributed by atoms with Gasteiger partial charge in [0.2, 0.25) is 11.8 Å². The minimum atomic E-state index is -0.219. The van der Waals surface area contributed by atoms with Gasteiger partial charge in [-0.3, -0.25) is 9.59 Å². The number of carbonyl (C=O) groups is 2. The van der Waals surface area contributed by atoms with Gasteiger partial charge < -0.3 is 15.0 Å². The van der Waals surface area contributed by atoms with E-state index in [1.165, 1.54) is 0 Å². The number of unbranched alkanes of at least 4 members (excludes halogenated alkanes) is 1. The molecule has 1 heterocycles. The molecule has 2 rings (SSSR count). The van der Waals surface area contributed by atoms with Crippen LogP contribution in [0, 0.1) is 5.92 Å². The van der Waals surface area contributed by atoms with Crippen molar-refractivity contribution in [2.75, 3.05) is 20.7 Å². The quantitative estimate of drug-likeness (QED) is 0.820. The molecule has 1 aromatic rings. The molecule has 1 aliphatic heterocycles. The summed E-state index contributed by atoms with van der Waals surface area (Å²) in [5.41, 5.74) is 0.969. The van der Waals surface area contributed by atoms with Crippen molar-refractivity contribution >= 4 is 11.8 Å². The summed E-state index contributed by atoms with van der Waals surface area (Å²) < 4.78 is 5.18. The molecule has 126 valence electrons. The Hall–Kier alpha value is -2.04. The van der Waals surface area contributed by atoms with Crippen LogP contribution >= 0.6 is 0 Å². The first-order valence-corrected chi connectivity index (χ1v) is 8.25. The number of methoxy groups -OCH3 is 1. The maximum Gasteiger partial charge on any atom is 0.225 e. The number of carbonyl (C=O) groups excluding carboxylic acids is 2. The lowest BCUT2D eigenvalue weighted by Gasteiger charge is -2.38. The molecule has 0 unspecified atom stereocenters. The zero-order valence-electron chi connectivity index (χ0n) is 14.2. The van der Waals surface area contributed by atoms with Crippen LogP contribution in [0.5, 0.6) is 5.75 Å². The van der Waals surface area contributed by atoms with Crippen LogP contribution in [-0.2, 0) is 9.59 Å². The number of ether oxygens (including phenoxy) is 1. The minimum absolute atomic E-state index is 0.0404. The van der Waals surface area contributed by atoms with Crippen molar-refractivity contribution in [3.05, 3.63) is 29.8 Å². The molecule has 2 amide bonds. The van der Waals surface area contributed by atoms with E-state index >= 15 is 0 Å². The smallest absolute Gasteiger partial charge is 0.225 e. The number of nitrogens with zero attached hydrogens (tertiary/aromatic N) is 1. The maximum absolute atomic E-state index is 12.6. The first-order valence-electron chi connectivity index (χ1n) is 8.25. The molecular weight excluding hydrogens is 292 g/mol. The van der Waals surface area contributed by atoms with Gasteiger partial charge in [0.1, 0.15) is 5.75 Å². The number of hydrogen-bond acceptors (Lipinski definition) is 3. The fourth-order valence-corrected chi connectivity index (χ4v) is 3.09. The molecule has 5 heteroatoms. The number of likely N-dealkylation sites (tertiary alicyclic amines) is 1. The van der Waals surface area contributed by atoms with Gasteiger partial charge in [-0.15, -0.1) is 0 Å². The Morgan fingerprint density at radius 2 is 2.04 bits per heavy atom. The van der Waals surface area contributed by atoms with Gasteiger partial charge in [0.15, 0.2) is 0 Å². The maximum atomic E-state index is 12.6. The zero-order valence-corrected chi connectivity index (χ0v) is 14.2. The Kier molecular flexibility index (Phi) is 6.02. The highest BCUT2D eigenvalue weighted by Gasteiger charge is 2.38. The van der Waals surface area contributed by atoms with Gasteiger partial charge in [0, 0.05) is 20.0 Å². The van der Waals surface area contributed by atoms with Crippen molar-refractivity contribution in [2.24, 2.45) is 5.92 Å². The van der Waals surface area contributed by atoms with E-state index in [1.807, 2.05) is 24.3 Å².